The second-order valence-corrected chi connectivity index (χ2v) is 4.48. The minimum atomic E-state index is -1.37. The normalized spacial score (nSPS) is 11.0. The summed E-state index contributed by atoms with van der Waals surface area (Å²) in [7, 11) is -0.369. The quantitative estimate of drug-likeness (QED) is 0.428. The zero-order chi connectivity index (χ0) is 6.99. The van der Waals surface area contributed by atoms with E-state index in [9.17, 15) is 0 Å². The van der Waals surface area contributed by atoms with Crippen LogP contribution in [0.25, 0.3) is 0 Å². The van der Waals surface area contributed by atoms with Gasteiger partial charge in [0.15, 0.2) is 8.11 Å². The van der Waals surface area contributed by atoms with Crippen LogP contribution in [0, 0.1) is 0 Å². The molecule has 0 bridgehead atoms. The summed E-state index contributed by atoms with van der Waals surface area (Å²) >= 11 is 5.42. The van der Waals surface area contributed by atoms with Crippen molar-refractivity contribution in [3.05, 3.63) is 12.3 Å². The Morgan fingerprint density at radius 2 is 2.12 bits per heavy atom. The zero-order valence-corrected chi connectivity index (χ0v) is 6.75. The third-order valence-corrected chi connectivity index (χ3v) is 2.24. The summed E-state index contributed by atoms with van der Waals surface area (Å²) in [4.78, 5) is 0. The lowest BCUT2D eigenvalue weighted by molar-refractivity contribution is 0.366. The first-order chi connectivity index (χ1) is 3.81. The van der Waals surface area contributed by atoms with Crippen molar-refractivity contribution in [2.24, 2.45) is 0 Å². The van der Waals surface area contributed by atoms with Crippen LogP contribution in [0.1, 0.15) is 0 Å². The van der Waals surface area contributed by atoms with E-state index in [4.69, 9.17) is 21.3 Å². The Hall–Kier alpha value is 0.167. The Morgan fingerprint density at radius 1 is 1.75 bits per heavy atom. The first kappa shape index (κ1) is 11.0. The largest absolute Gasteiger partial charge is 0.400 e. The number of aliphatic hydroxyl groups is 2. The van der Waals surface area contributed by atoms with Gasteiger partial charge in [0.1, 0.15) is 0 Å². The molecule has 0 spiro atoms. The highest BCUT2D eigenvalue weighted by Gasteiger charge is 1.93. The van der Waals surface area contributed by atoms with Gasteiger partial charge in [-0.15, -0.1) is 6.58 Å². The van der Waals surface area contributed by atoms with Gasteiger partial charge in [-0.25, -0.2) is 0 Å². The number of halogens is 1. The predicted octanol–water partition coefficient (Wildman–Crippen LogP) is -0.186. The fourth-order valence-corrected chi connectivity index (χ4v) is 0.224. The molecule has 0 aromatic rings. The van der Waals surface area contributed by atoms with Crippen molar-refractivity contribution in [1.82, 2.24) is 0 Å². The molecule has 1 unspecified atom stereocenters. The van der Waals surface area contributed by atoms with Crippen LogP contribution in [0.4, 0.5) is 0 Å². The summed E-state index contributed by atoms with van der Waals surface area (Å²) in [6.07, 6.45) is 0.116. The summed E-state index contributed by atoms with van der Waals surface area (Å²) in [5.41, 5.74) is 1.63. The van der Waals surface area contributed by atoms with Gasteiger partial charge in [-0.1, -0.05) is 5.70 Å². The molecule has 0 heterocycles. The van der Waals surface area contributed by atoms with Crippen molar-refractivity contribution in [3.8, 4) is 0 Å². The van der Waals surface area contributed by atoms with Gasteiger partial charge in [-0.3, -0.25) is 0 Å². The molecule has 0 aliphatic rings. The molecule has 50 valence electrons. The minimum absolute atomic E-state index is 0.116. The predicted molar refractivity (Wildman–Crippen MR) is 38.4 cm³/mol. The first-order valence-electron chi connectivity index (χ1n) is 2.13. The van der Waals surface area contributed by atoms with Gasteiger partial charge in [0, 0.05) is 7.11 Å². The van der Waals surface area contributed by atoms with Gasteiger partial charge < -0.3 is 10.2 Å². The summed E-state index contributed by atoms with van der Waals surface area (Å²) < 4.78 is 0. The molecule has 0 aliphatic carbocycles. The van der Waals surface area contributed by atoms with Crippen LogP contribution in [0.15, 0.2) is 12.3 Å². The van der Waals surface area contributed by atoms with E-state index in [-0.39, 0.29) is 6.23 Å². The Balaban J connectivity index is 0. The highest BCUT2D eigenvalue weighted by atomic mass is 35.6. The van der Waals surface area contributed by atoms with Crippen LogP contribution in [-0.4, -0.2) is 31.7 Å². The van der Waals surface area contributed by atoms with E-state index in [1.54, 1.807) is 5.70 Å². The summed E-state index contributed by atoms with van der Waals surface area (Å²) in [5, 5.41) is 15.2. The highest BCUT2D eigenvalue weighted by molar-refractivity contribution is 7.09. The van der Waals surface area contributed by atoms with Crippen LogP contribution >= 0.6 is 11.1 Å². The van der Waals surface area contributed by atoms with Crippen molar-refractivity contribution < 1.29 is 10.2 Å². The topological polar surface area (TPSA) is 40.5 Å². The van der Waals surface area contributed by atoms with Crippen molar-refractivity contribution in [1.29, 1.82) is 0 Å². The molecule has 0 radical (unpaired) electrons. The van der Waals surface area contributed by atoms with Gasteiger partial charge in [0.05, 0.1) is 6.23 Å². The molecule has 0 amide bonds. The van der Waals surface area contributed by atoms with Crippen molar-refractivity contribution in [3.63, 3.8) is 0 Å². The summed E-state index contributed by atoms with van der Waals surface area (Å²) in [5.74, 6) is 0. The molecule has 1 atom stereocenters. The third kappa shape index (κ3) is 9.48. The molecular formula is C4H11ClO2Si. The van der Waals surface area contributed by atoms with Gasteiger partial charge in [-0.05, 0) is 0 Å². The molecule has 2 N–H and O–H groups in total. The summed E-state index contributed by atoms with van der Waals surface area (Å²) in [6, 6.07) is 0. The average molecular weight is 155 g/mol. The molecule has 0 aromatic heterocycles. The summed E-state index contributed by atoms with van der Waals surface area (Å²) in [6.45, 7) is 3.40. The SMILES string of the molecule is C=C[SiH](Cl)CO.CO. The Kier molecular flexibility index (Phi) is 14.1. The maximum absolute atomic E-state index is 8.19. The molecule has 0 fully saturated rings. The number of aliphatic hydroxyl groups excluding tert-OH is 2. The molecular weight excluding hydrogens is 144 g/mol. The van der Waals surface area contributed by atoms with Crippen molar-refractivity contribution in [2.45, 2.75) is 0 Å². The lowest BCUT2D eigenvalue weighted by Gasteiger charge is -1.87. The monoisotopic (exact) mass is 154 g/mol. The van der Waals surface area contributed by atoms with E-state index in [1.165, 1.54) is 0 Å². The van der Waals surface area contributed by atoms with E-state index in [0.29, 0.717) is 0 Å². The average Bonchev–Trinajstić information content (AvgIpc) is 1.91. The van der Waals surface area contributed by atoms with Crippen LogP contribution in [0.3, 0.4) is 0 Å². The van der Waals surface area contributed by atoms with Crippen molar-refractivity contribution in [2.75, 3.05) is 13.3 Å². The second kappa shape index (κ2) is 10.2. The Bertz CT molecular complexity index is 51.3. The maximum Gasteiger partial charge on any atom is 0.189 e. The van der Waals surface area contributed by atoms with Gasteiger partial charge in [-0.2, -0.15) is 11.1 Å². The fraction of sp³-hybridized carbons (Fsp3) is 0.500. The Morgan fingerprint density at radius 3 is 2.12 bits per heavy atom. The van der Waals surface area contributed by atoms with Crippen LogP contribution in [0.5, 0.6) is 0 Å². The second-order valence-electron chi connectivity index (χ2n) is 0.934. The van der Waals surface area contributed by atoms with Gasteiger partial charge in [0.2, 0.25) is 0 Å². The van der Waals surface area contributed by atoms with Crippen molar-refractivity contribution >= 4 is 19.2 Å². The lowest BCUT2D eigenvalue weighted by Crippen LogP contribution is -2.04. The van der Waals surface area contributed by atoms with Gasteiger partial charge in [0.25, 0.3) is 0 Å². The molecule has 2 nitrogen and oxygen atoms in total. The zero-order valence-electron chi connectivity index (χ0n) is 4.84. The van der Waals surface area contributed by atoms with Gasteiger partial charge >= 0.3 is 0 Å². The third-order valence-electron chi connectivity index (χ3n) is 0.430. The van der Waals surface area contributed by atoms with E-state index in [0.717, 1.165) is 7.11 Å². The molecule has 0 aliphatic heterocycles. The molecule has 0 rings (SSSR count). The lowest BCUT2D eigenvalue weighted by atomic mass is 11.3. The Labute approximate surface area is 55.7 Å². The van der Waals surface area contributed by atoms with E-state index in [2.05, 4.69) is 6.58 Å². The standard InChI is InChI=1S/C3H7ClOSi.CH4O/c1-2-6(4)3-5;1-2/h2,5-6H,1,3H2;2H,1H3. The molecule has 8 heavy (non-hydrogen) atoms. The fourth-order valence-electron chi connectivity index (χ4n) is 0.0745. The van der Waals surface area contributed by atoms with Crippen LogP contribution < -0.4 is 0 Å². The smallest absolute Gasteiger partial charge is 0.189 e. The number of rotatable bonds is 2. The molecule has 0 aromatic carbocycles. The minimum Gasteiger partial charge on any atom is -0.400 e. The molecule has 4 heteroatoms. The van der Waals surface area contributed by atoms with E-state index >= 15 is 0 Å². The number of hydrogen-bond donors (Lipinski definition) is 2. The van der Waals surface area contributed by atoms with Crippen LogP contribution in [-0.2, 0) is 0 Å². The molecule has 0 saturated heterocycles. The van der Waals surface area contributed by atoms with Crippen LogP contribution in [0.2, 0.25) is 0 Å². The first-order valence-corrected chi connectivity index (χ1v) is 5.36. The van der Waals surface area contributed by atoms with E-state index < -0.39 is 8.11 Å². The number of hydrogen-bond acceptors (Lipinski definition) is 2. The van der Waals surface area contributed by atoms with E-state index in [1.807, 2.05) is 0 Å². The highest BCUT2D eigenvalue weighted by Crippen LogP contribution is 1.84. The molecule has 0 saturated carbocycles. The maximum atomic E-state index is 8.19.